The first-order valence-electron chi connectivity index (χ1n) is 8.41. The number of para-hydroxylation sites is 1. The molecule has 3 N–H and O–H groups in total. The number of hydrogen-bond acceptors (Lipinski definition) is 5. The van der Waals surface area contributed by atoms with Gasteiger partial charge in [-0.05, 0) is 32.9 Å². The Kier molecular flexibility index (Phi) is 4.46. The number of rotatable bonds is 4. The van der Waals surface area contributed by atoms with Crippen LogP contribution in [0.25, 0.3) is 0 Å². The number of carbonyl (C=O) groups is 4. The molecule has 9 heteroatoms. The molecular formula is C18H21N3O5S. The fourth-order valence-electron chi connectivity index (χ4n) is 3.62. The fourth-order valence-corrected chi connectivity index (χ4v) is 5.27. The lowest BCUT2D eigenvalue weighted by Gasteiger charge is -2.51. The molecule has 1 aromatic rings. The van der Waals surface area contributed by atoms with Gasteiger partial charge in [0.25, 0.3) is 11.8 Å². The first kappa shape index (κ1) is 19.2. The molecule has 0 spiro atoms. The molecule has 2 fully saturated rings. The van der Waals surface area contributed by atoms with Gasteiger partial charge in [0.2, 0.25) is 5.91 Å². The molecule has 3 atom stereocenters. The van der Waals surface area contributed by atoms with Crippen LogP contribution in [0.15, 0.2) is 24.3 Å². The summed E-state index contributed by atoms with van der Waals surface area (Å²) in [5.41, 5.74) is -0.637. The Balaban J connectivity index is 1.85. The van der Waals surface area contributed by atoms with Gasteiger partial charge in [0.05, 0.1) is 11.3 Å². The fraction of sp³-hybridized carbons (Fsp3) is 0.444. The lowest BCUT2D eigenvalue weighted by atomic mass is 9.86. The summed E-state index contributed by atoms with van der Waals surface area (Å²) in [4.78, 5) is 49.9. The Morgan fingerprint density at radius 3 is 2.41 bits per heavy atom. The van der Waals surface area contributed by atoms with Crippen molar-refractivity contribution in [1.82, 2.24) is 10.2 Å². The second-order valence-corrected chi connectivity index (χ2v) is 9.14. The van der Waals surface area contributed by atoms with Crippen LogP contribution in [0.1, 0.15) is 38.1 Å². The van der Waals surface area contributed by atoms with Crippen molar-refractivity contribution in [2.75, 3.05) is 5.32 Å². The summed E-state index contributed by atoms with van der Waals surface area (Å²) in [6.45, 7) is 6.49. The van der Waals surface area contributed by atoms with E-state index in [1.54, 1.807) is 45.0 Å². The number of nitrogens with zero attached hydrogens (tertiary/aromatic N) is 1. The number of amides is 3. The van der Waals surface area contributed by atoms with Crippen molar-refractivity contribution in [1.29, 1.82) is 0 Å². The average Bonchev–Trinajstić information content (AvgIpc) is 2.84. The number of hydrogen-bond donors (Lipinski definition) is 3. The number of benzene rings is 1. The molecule has 2 heterocycles. The van der Waals surface area contributed by atoms with Gasteiger partial charge in [-0.3, -0.25) is 14.4 Å². The van der Waals surface area contributed by atoms with Gasteiger partial charge < -0.3 is 20.6 Å². The molecule has 3 amide bonds. The van der Waals surface area contributed by atoms with Crippen molar-refractivity contribution in [3.63, 3.8) is 0 Å². The third kappa shape index (κ3) is 2.95. The summed E-state index contributed by atoms with van der Waals surface area (Å²) in [5.74, 6) is -2.31. The van der Waals surface area contributed by atoms with E-state index in [0.29, 0.717) is 5.69 Å². The van der Waals surface area contributed by atoms with Crippen molar-refractivity contribution < 1.29 is 24.3 Å². The number of anilines is 1. The lowest BCUT2D eigenvalue weighted by molar-refractivity contribution is -0.165. The van der Waals surface area contributed by atoms with Crippen LogP contribution in [0.4, 0.5) is 5.69 Å². The summed E-state index contributed by atoms with van der Waals surface area (Å²) in [6, 6.07) is 5.55. The molecule has 2 aliphatic heterocycles. The van der Waals surface area contributed by atoms with Crippen molar-refractivity contribution >= 4 is 41.1 Å². The molecule has 1 unspecified atom stereocenters. The predicted octanol–water partition coefficient (Wildman–Crippen LogP) is 1.28. The average molecular weight is 391 g/mol. The van der Waals surface area contributed by atoms with Gasteiger partial charge in [-0.2, -0.15) is 0 Å². The third-order valence-electron chi connectivity index (χ3n) is 4.87. The molecule has 0 radical (unpaired) electrons. The second kappa shape index (κ2) is 6.26. The van der Waals surface area contributed by atoms with Gasteiger partial charge in [-0.15, -0.1) is 11.8 Å². The Labute approximate surface area is 160 Å². The highest BCUT2D eigenvalue weighted by Gasteiger charge is 2.70. The Morgan fingerprint density at radius 1 is 1.19 bits per heavy atom. The van der Waals surface area contributed by atoms with Crippen LogP contribution in [0.3, 0.4) is 0 Å². The van der Waals surface area contributed by atoms with Gasteiger partial charge in [0, 0.05) is 11.7 Å². The summed E-state index contributed by atoms with van der Waals surface area (Å²) >= 11 is 1.36. The van der Waals surface area contributed by atoms with E-state index in [-0.39, 0.29) is 11.5 Å². The van der Waals surface area contributed by atoms with Crippen LogP contribution in [-0.4, -0.2) is 55.4 Å². The molecule has 3 rings (SSSR count). The highest BCUT2D eigenvalue weighted by atomic mass is 32.2. The largest absolute Gasteiger partial charge is 0.480 e. The maximum absolute atomic E-state index is 12.8. The van der Waals surface area contributed by atoms with Gasteiger partial charge >= 0.3 is 5.97 Å². The number of carboxylic acid groups (broad SMARTS) is 1. The molecule has 2 saturated heterocycles. The van der Waals surface area contributed by atoms with Crippen molar-refractivity contribution in [2.45, 2.75) is 49.4 Å². The van der Waals surface area contributed by atoms with Crippen LogP contribution in [0.5, 0.6) is 0 Å². The van der Waals surface area contributed by atoms with E-state index >= 15 is 0 Å². The van der Waals surface area contributed by atoms with E-state index in [9.17, 15) is 24.3 Å². The molecule has 2 aliphatic rings. The number of carbonyl (C=O) groups excluding carboxylic acids is 3. The maximum Gasteiger partial charge on any atom is 0.327 e. The summed E-state index contributed by atoms with van der Waals surface area (Å²) in [5, 5.41) is 14.4. The number of fused-ring (bicyclic) bond motifs is 1. The number of thioether (sulfide) groups is 1. The normalized spacial score (nSPS) is 28.1. The molecule has 1 aromatic carbocycles. The van der Waals surface area contributed by atoms with E-state index in [4.69, 9.17) is 0 Å². The number of aliphatic carboxylic acids is 1. The van der Waals surface area contributed by atoms with Crippen molar-refractivity contribution in [2.24, 2.45) is 0 Å². The molecule has 8 nitrogen and oxygen atoms in total. The van der Waals surface area contributed by atoms with Gasteiger partial charge in [-0.25, -0.2) is 4.79 Å². The zero-order valence-corrected chi connectivity index (χ0v) is 16.2. The van der Waals surface area contributed by atoms with Gasteiger partial charge in [0.15, 0.2) is 0 Å². The Hall–Kier alpha value is -2.55. The molecule has 0 aliphatic carbocycles. The Morgan fingerprint density at radius 2 is 1.81 bits per heavy atom. The zero-order chi connectivity index (χ0) is 20.1. The minimum absolute atomic E-state index is 0.234. The predicted molar refractivity (Wildman–Crippen MR) is 100 cm³/mol. The zero-order valence-electron chi connectivity index (χ0n) is 15.4. The van der Waals surface area contributed by atoms with Crippen LogP contribution in [-0.2, 0) is 14.4 Å². The van der Waals surface area contributed by atoms with Crippen LogP contribution in [0.2, 0.25) is 0 Å². The lowest BCUT2D eigenvalue weighted by Crippen LogP contribution is -2.78. The molecule has 0 saturated carbocycles. The van der Waals surface area contributed by atoms with Crippen molar-refractivity contribution in [3.05, 3.63) is 29.8 Å². The Bertz CT molecular complexity index is 855. The van der Waals surface area contributed by atoms with E-state index in [1.807, 2.05) is 0 Å². The smallest absolute Gasteiger partial charge is 0.327 e. The molecular weight excluding hydrogens is 370 g/mol. The quantitative estimate of drug-likeness (QED) is 0.666. The van der Waals surface area contributed by atoms with E-state index in [0.717, 1.165) is 0 Å². The van der Waals surface area contributed by atoms with Crippen molar-refractivity contribution in [3.8, 4) is 0 Å². The first-order valence-corrected chi connectivity index (χ1v) is 9.29. The minimum atomic E-state index is -1.22. The number of nitrogens with one attached hydrogen (secondary N) is 2. The second-order valence-electron chi connectivity index (χ2n) is 7.41. The molecule has 0 bridgehead atoms. The summed E-state index contributed by atoms with van der Waals surface area (Å²) in [7, 11) is 0. The molecule has 0 aromatic heterocycles. The van der Waals surface area contributed by atoms with Gasteiger partial charge in [0.1, 0.15) is 17.0 Å². The molecule has 27 heavy (non-hydrogen) atoms. The monoisotopic (exact) mass is 391 g/mol. The maximum atomic E-state index is 12.8. The highest BCUT2D eigenvalue weighted by molar-refractivity contribution is 8.01. The number of carboxylic acids is 1. The standard InChI is InChI=1S/C18H21N3O5S/c1-9(22)19-11-8-6-5-7-10(11)13(23)20-18(4)15(26)21-12(14(24)25)17(2,3)27-16(18)21/h5-8,12,16H,1-4H3,(H,19,22)(H,20,23)(H,24,25)/t12-,16+,18?/m0/s1. The minimum Gasteiger partial charge on any atom is -0.480 e. The highest BCUT2D eigenvalue weighted by Crippen LogP contribution is 2.54. The van der Waals surface area contributed by atoms with Crippen LogP contribution >= 0.6 is 11.8 Å². The topological polar surface area (TPSA) is 116 Å². The molecule has 144 valence electrons. The third-order valence-corrected chi connectivity index (χ3v) is 6.62. The summed E-state index contributed by atoms with van der Waals surface area (Å²) < 4.78 is -0.678. The van der Waals surface area contributed by atoms with E-state index < -0.39 is 39.5 Å². The summed E-state index contributed by atoms with van der Waals surface area (Å²) in [6.07, 6.45) is 0. The number of β-lactam (4-membered cyclic amide) rings is 1. The van der Waals surface area contributed by atoms with Gasteiger partial charge in [-0.1, -0.05) is 12.1 Å². The van der Waals surface area contributed by atoms with E-state index in [1.165, 1.54) is 23.6 Å². The van der Waals surface area contributed by atoms with Crippen LogP contribution in [0, 0.1) is 0 Å². The first-order chi connectivity index (χ1) is 12.5. The van der Waals surface area contributed by atoms with Crippen LogP contribution < -0.4 is 10.6 Å². The SMILES string of the molecule is CC(=O)Nc1ccccc1C(=O)NC1(C)C(=O)N2[C@@H](C(=O)O)C(C)(C)S[C@@H]21. The van der Waals surface area contributed by atoms with E-state index in [2.05, 4.69) is 10.6 Å².